The van der Waals surface area contributed by atoms with Gasteiger partial charge in [0, 0.05) is 44.1 Å². The zero-order valence-electron chi connectivity index (χ0n) is 15.2. The minimum Gasteiger partial charge on any atom is -0.379 e. The molecule has 0 bridgehead atoms. The second-order valence-electron chi connectivity index (χ2n) is 7.13. The highest BCUT2D eigenvalue weighted by Crippen LogP contribution is 2.49. The van der Waals surface area contributed by atoms with Crippen molar-refractivity contribution in [2.75, 3.05) is 39.5 Å². The standard InChI is InChI=1S/C16H31N3O3.2ClH/c1-5-22-13-10-16(17,15(13,3)4)14(20)18-12(2)11-19-6-8-21-9-7-19;;/h12-13H,5-11,17H2,1-4H3,(H,18,20);2*1H. The Hall–Kier alpha value is -0.110. The van der Waals surface area contributed by atoms with Crippen LogP contribution in [0.1, 0.15) is 34.1 Å². The van der Waals surface area contributed by atoms with E-state index in [0.717, 1.165) is 32.8 Å². The Bertz CT molecular complexity index is 406. The lowest BCUT2D eigenvalue weighted by atomic mass is 9.54. The van der Waals surface area contributed by atoms with Crippen LogP contribution in [0.2, 0.25) is 0 Å². The largest absolute Gasteiger partial charge is 0.379 e. The smallest absolute Gasteiger partial charge is 0.241 e. The Labute approximate surface area is 158 Å². The molecule has 2 fully saturated rings. The molecule has 6 nitrogen and oxygen atoms in total. The van der Waals surface area contributed by atoms with Gasteiger partial charge in [0.15, 0.2) is 0 Å². The van der Waals surface area contributed by atoms with Gasteiger partial charge in [-0.3, -0.25) is 9.69 Å². The zero-order chi connectivity index (χ0) is 16.4. The molecular formula is C16H33Cl2N3O3. The summed E-state index contributed by atoms with van der Waals surface area (Å²) in [5, 5.41) is 3.09. The monoisotopic (exact) mass is 385 g/mol. The summed E-state index contributed by atoms with van der Waals surface area (Å²) < 4.78 is 11.0. The normalized spacial score (nSPS) is 30.3. The summed E-state index contributed by atoms with van der Waals surface area (Å²) in [5.41, 5.74) is 5.22. The fourth-order valence-electron chi connectivity index (χ4n) is 3.39. The van der Waals surface area contributed by atoms with E-state index in [-0.39, 0.29) is 48.3 Å². The second kappa shape index (κ2) is 9.55. The first kappa shape index (κ1) is 23.9. The lowest BCUT2D eigenvalue weighted by Gasteiger charge is -2.57. The van der Waals surface area contributed by atoms with E-state index in [9.17, 15) is 4.79 Å². The maximum Gasteiger partial charge on any atom is 0.241 e. The third kappa shape index (κ3) is 4.74. The summed E-state index contributed by atoms with van der Waals surface area (Å²) in [6, 6.07) is 0.0768. The summed E-state index contributed by atoms with van der Waals surface area (Å²) in [4.78, 5) is 14.9. The van der Waals surface area contributed by atoms with Gasteiger partial charge >= 0.3 is 0 Å². The van der Waals surface area contributed by atoms with Gasteiger partial charge in [0.1, 0.15) is 5.54 Å². The number of ether oxygens (including phenoxy) is 2. The van der Waals surface area contributed by atoms with Crippen molar-refractivity contribution in [3.63, 3.8) is 0 Å². The van der Waals surface area contributed by atoms with Crippen LogP contribution in [0.15, 0.2) is 0 Å². The molecule has 0 radical (unpaired) electrons. The lowest BCUT2D eigenvalue weighted by molar-refractivity contribution is -0.171. The molecule has 1 heterocycles. The summed E-state index contributed by atoms with van der Waals surface area (Å²) in [6.45, 7) is 12.9. The summed E-state index contributed by atoms with van der Waals surface area (Å²) in [6.07, 6.45) is 0.645. The summed E-state index contributed by atoms with van der Waals surface area (Å²) in [5.74, 6) is -0.0609. The van der Waals surface area contributed by atoms with Crippen LogP contribution in [0.5, 0.6) is 0 Å². The van der Waals surface area contributed by atoms with Gasteiger partial charge < -0.3 is 20.5 Å². The highest BCUT2D eigenvalue weighted by atomic mass is 35.5. The molecular weight excluding hydrogens is 353 g/mol. The Morgan fingerprint density at radius 1 is 1.38 bits per heavy atom. The van der Waals surface area contributed by atoms with E-state index in [0.29, 0.717) is 13.0 Å². The SMILES string of the molecule is CCOC1CC(N)(C(=O)NC(C)CN2CCOCC2)C1(C)C.Cl.Cl. The van der Waals surface area contributed by atoms with Crippen LogP contribution in [-0.2, 0) is 14.3 Å². The van der Waals surface area contributed by atoms with Gasteiger partial charge in [0.2, 0.25) is 5.91 Å². The Morgan fingerprint density at radius 3 is 2.46 bits per heavy atom. The number of nitrogens with two attached hydrogens (primary N) is 1. The van der Waals surface area contributed by atoms with Crippen molar-refractivity contribution in [1.82, 2.24) is 10.2 Å². The highest BCUT2D eigenvalue weighted by molar-refractivity contribution is 5.89. The van der Waals surface area contributed by atoms with Crippen molar-refractivity contribution < 1.29 is 14.3 Å². The van der Waals surface area contributed by atoms with Crippen LogP contribution in [0.25, 0.3) is 0 Å². The van der Waals surface area contributed by atoms with Gasteiger partial charge in [-0.2, -0.15) is 0 Å². The molecule has 0 aromatic rings. The van der Waals surface area contributed by atoms with Gasteiger partial charge in [-0.25, -0.2) is 0 Å². The van der Waals surface area contributed by atoms with E-state index in [1.807, 2.05) is 27.7 Å². The maximum absolute atomic E-state index is 12.6. The Morgan fingerprint density at radius 2 is 1.96 bits per heavy atom. The topological polar surface area (TPSA) is 76.8 Å². The second-order valence-corrected chi connectivity index (χ2v) is 7.13. The molecule has 1 aliphatic heterocycles. The van der Waals surface area contributed by atoms with Crippen LogP contribution in [0, 0.1) is 5.41 Å². The van der Waals surface area contributed by atoms with E-state index >= 15 is 0 Å². The molecule has 24 heavy (non-hydrogen) atoms. The lowest BCUT2D eigenvalue weighted by Crippen LogP contribution is -2.76. The van der Waals surface area contributed by atoms with Gasteiger partial charge in [-0.05, 0) is 13.8 Å². The third-order valence-corrected chi connectivity index (χ3v) is 5.25. The van der Waals surface area contributed by atoms with Crippen molar-refractivity contribution in [3.05, 3.63) is 0 Å². The highest BCUT2D eigenvalue weighted by Gasteiger charge is 2.62. The number of hydrogen-bond acceptors (Lipinski definition) is 5. The molecule has 3 N–H and O–H groups in total. The molecule has 0 spiro atoms. The number of halogens is 2. The molecule has 1 saturated heterocycles. The molecule has 8 heteroatoms. The molecule has 2 aliphatic rings. The number of rotatable bonds is 6. The number of hydrogen-bond donors (Lipinski definition) is 2. The van der Waals surface area contributed by atoms with Gasteiger partial charge in [-0.1, -0.05) is 13.8 Å². The van der Waals surface area contributed by atoms with Crippen molar-refractivity contribution in [1.29, 1.82) is 0 Å². The number of nitrogens with zero attached hydrogens (tertiary/aromatic N) is 1. The van der Waals surface area contributed by atoms with Crippen molar-refractivity contribution in [2.24, 2.45) is 11.1 Å². The van der Waals surface area contributed by atoms with E-state index in [4.69, 9.17) is 15.2 Å². The Balaban J connectivity index is 0.00000264. The number of amides is 1. The molecule has 1 amide bonds. The molecule has 1 saturated carbocycles. The predicted molar refractivity (Wildman–Crippen MR) is 100 cm³/mol. The first-order valence-corrected chi connectivity index (χ1v) is 8.33. The fraction of sp³-hybridized carbons (Fsp3) is 0.938. The molecule has 0 aromatic heterocycles. The van der Waals surface area contributed by atoms with E-state index in [1.165, 1.54) is 0 Å². The van der Waals surface area contributed by atoms with Crippen molar-refractivity contribution in [3.8, 4) is 0 Å². The Kier molecular flexibility index (Phi) is 9.51. The van der Waals surface area contributed by atoms with Gasteiger partial charge in [-0.15, -0.1) is 24.8 Å². The number of carbonyl (C=O) groups excluding carboxylic acids is 1. The first-order chi connectivity index (χ1) is 10.3. The number of nitrogens with one attached hydrogen (secondary N) is 1. The van der Waals surface area contributed by atoms with Crippen LogP contribution in [0.3, 0.4) is 0 Å². The third-order valence-electron chi connectivity index (χ3n) is 5.25. The van der Waals surface area contributed by atoms with Crippen molar-refractivity contribution >= 4 is 30.7 Å². The van der Waals surface area contributed by atoms with Crippen LogP contribution >= 0.6 is 24.8 Å². The molecule has 2 rings (SSSR count). The minimum absolute atomic E-state index is 0. The first-order valence-electron chi connectivity index (χ1n) is 8.33. The van der Waals surface area contributed by atoms with E-state index in [1.54, 1.807) is 0 Å². The molecule has 1 aliphatic carbocycles. The quantitative estimate of drug-likeness (QED) is 0.718. The maximum atomic E-state index is 12.6. The predicted octanol–water partition coefficient (Wildman–Crippen LogP) is 1.20. The van der Waals surface area contributed by atoms with Crippen LogP contribution < -0.4 is 11.1 Å². The fourth-order valence-corrected chi connectivity index (χ4v) is 3.39. The zero-order valence-corrected chi connectivity index (χ0v) is 16.8. The van der Waals surface area contributed by atoms with Crippen LogP contribution in [-0.4, -0.2) is 67.9 Å². The van der Waals surface area contributed by atoms with E-state index < -0.39 is 5.54 Å². The van der Waals surface area contributed by atoms with Gasteiger partial charge in [0.25, 0.3) is 0 Å². The molecule has 3 atom stereocenters. The summed E-state index contributed by atoms with van der Waals surface area (Å²) in [7, 11) is 0. The van der Waals surface area contributed by atoms with E-state index in [2.05, 4.69) is 10.2 Å². The average Bonchev–Trinajstić information content (AvgIpc) is 2.47. The van der Waals surface area contributed by atoms with Gasteiger partial charge in [0.05, 0.1) is 19.3 Å². The number of carbonyl (C=O) groups is 1. The number of morpholine rings is 1. The van der Waals surface area contributed by atoms with Crippen molar-refractivity contribution in [2.45, 2.75) is 51.8 Å². The molecule has 144 valence electrons. The average molecular weight is 386 g/mol. The molecule has 3 unspecified atom stereocenters. The summed E-state index contributed by atoms with van der Waals surface area (Å²) >= 11 is 0. The molecule has 0 aromatic carbocycles. The minimum atomic E-state index is -0.841. The van der Waals surface area contributed by atoms with Crippen LogP contribution in [0.4, 0.5) is 0 Å².